The fourth-order valence-corrected chi connectivity index (χ4v) is 2.08. The van der Waals surface area contributed by atoms with Crippen molar-refractivity contribution >= 4 is 11.9 Å². The minimum absolute atomic E-state index is 0.0208. The van der Waals surface area contributed by atoms with Crippen LogP contribution in [0.25, 0.3) is 0 Å². The second kappa shape index (κ2) is 9.40. The Morgan fingerprint density at radius 3 is 2.64 bits per heavy atom. The third-order valence-electron chi connectivity index (χ3n) is 3.32. The first-order valence-electron chi connectivity index (χ1n) is 7.25. The molecule has 0 heterocycles. The number of primary amides is 1. The fourth-order valence-electron chi connectivity index (χ4n) is 2.08. The molecule has 0 aliphatic carbocycles. The highest BCUT2D eigenvalue weighted by molar-refractivity contribution is 5.76. The summed E-state index contributed by atoms with van der Waals surface area (Å²) in [6.07, 6.45) is 1.01. The summed E-state index contributed by atoms with van der Waals surface area (Å²) in [6.45, 7) is 2.92. The molecule has 0 saturated carbocycles. The van der Waals surface area contributed by atoms with Gasteiger partial charge in [0, 0.05) is 19.5 Å². The van der Waals surface area contributed by atoms with E-state index in [-0.39, 0.29) is 18.4 Å². The number of nitrogens with zero attached hydrogens (tertiary/aromatic N) is 2. The predicted octanol–water partition coefficient (Wildman–Crippen LogP) is 1.62. The van der Waals surface area contributed by atoms with E-state index >= 15 is 0 Å². The van der Waals surface area contributed by atoms with E-state index in [0.29, 0.717) is 25.9 Å². The average Bonchev–Trinajstić information content (AvgIpc) is 2.50. The monoisotopic (exact) mass is 302 g/mol. The number of nitrogens with one attached hydrogen (secondary N) is 1. The Bertz CT molecular complexity index is 525. The van der Waals surface area contributed by atoms with Gasteiger partial charge in [-0.15, -0.1) is 0 Å². The number of carbonyl (C=O) groups excluding carboxylic acids is 2. The average molecular weight is 302 g/mol. The first-order valence-corrected chi connectivity index (χ1v) is 7.25. The molecule has 1 rings (SSSR count). The third kappa shape index (κ3) is 6.75. The van der Waals surface area contributed by atoms with Gasteiger partial charge < -0.3 is 16.0 Å². The van der Waals surface area contributed by atoms with Gasteiger partial charge in [0.2, 0.25) is 5.91 Å². The predicted molar refractivity (Wildman–Crippen MR) is 83.5 cm³/mol. The summed E-state index contributed by atoms with van der Waals surface area (Å²) in [5, 5.41) is 10.9. The number of urea groups is 1. The number of amides is 3. The van der Waals surface area contributed by atoms with Gasteiger partial charge in [-0.25, -0.2) is 4.79 Å². The Morgan fingerprint density at radius 1 is 1.36 bits per heavy atom. The molecule has 0 radical (unpaired) electrons. The molecule has 0 aliphatic rings. The van der Waals surface area contributed by atoms with Crippen molar-refractivity contribution in [3.63, 3.8) is 0 Å². The second-order valence-corrected chi connectivity index (χ2v) is 5.28. The maximum Gasteiger partial charge on any atom is 0.315 e. The lowest BCUT2D eigenvalue weighted by Gasteiger charge is -2.22. The first kappa shape index (κ1) is 17.5. The van der Waals surface area contributed by atoms with Crippen LogP contribution in [-0.2, 0) is 11.3 Å². The molecule has 3 amide bonds. The van der Waals surface area contributed by atoms with Gasteiger partial charge in [0.1, 0.15) is 6.54 Å². The Labute approximate surface area is 130 Å². The summed E-state index contributed by atoms with van der Waals surface area (Å²) in [6, 6.07) is 11.0. The molecular weight excluding hydrogens is 280 g/mol. The van der Waals surface area contributed by atoms with Crippen LogP contribution in [0.4, 0.5) is 4.79 Å². The molecule has 0 aliphatic heterocycles. The van der Waals surface area contributed by atoms with Crippen LogP contribution in [0.5, 0.6) is 0 Å². The van der Waals surface area contributed by atoms with Crippen LogP contribution in [0.1, 0.15) is 25.3 Å². The summed E-state index contributed by atoms with van der Waals surface area (Å²) in [4.78, 5) is 24.6. The van der Waals surface area contributed by atoms with Gasteiger partial charge in [-0.2, -0.15) is 5.26 Å². The Kier molecular flexibility index (Phi) is 7.48. The number of rotatable bonds is 8. The molecule has 118 valence electrons. The number of nitrogens with two attached hydrogens (primary N) is 1. The van der Waals surface area contributed by atoms with Crippen molar-refractivity contribution < 1.29 is 9.59 Å². The third-order valence-corrected chi connectivity index (χ3v) is 3.32. The highest BCUT2D eigenvalue weighted by atomic mass is 16.2. The summed E-state index contributed by atoms with van der Waals surface area (Å²) in [5.74, 6) is -0.0425. The first-order chi connectivity index (χ1) is 10.5. The SMILES string of the molecule is CC(CCN(Cc1ccccc1)C(N)=O)CC(=O)NCC#N. The van der Waals surface area contributed by atoms with Crippen LogP contribution in [0, 0.1) is 17.2 Å². The number of hydrogen-bond donors (Lipinski definition) is 2. The standard InChI is InChI=1S/C16H22N4O2/c1-13(11-15(21)19-9-8-17)7-10-20(16(18)22)12-14-5-3-2-4-6-14/h2-6,13H,7,9-12H2,1H3,(H2,18,22)(H,19,21). The molecule has 0 fully saturated rings. The Balaban J connectivity index is 2.43. The number of carbonyl (C=O) groups is 2. The highest BCUT2D eigenvalue weighted by Crippen LogP contribution is 2.11. The van der Waals surface area contributed by atoms with E-state index in [1.54, 1.807) is 4.90 Å². The van der Waals surface area contributed by atoms with Gasteiger partial charge in [-0.3, -0.25) is 4.79 Å². The highest BCUT2D eigenvalue weighted by Gasteiger charge is 2.14. The van der Waals surface area contributed by atoms with Crippen LogP contribution in [-0.4, -0.2) is 29.9 Å². The van der Waals surface area contributed by atoms with Crippen LogP contribution in [0.15, 0.2) is 30.3 Å². The molecule has 0 spiro atoms. The van der Waals surface area contributed by atoms with Crippen LogP contribution in [0.3, 0.4) is 0 Å². The second-order valence-electron chi connectivity index (χ2n) is 5.28. The summed E-state index contributed by atoms with van der Waals surface area (Å²) >= 11 is 0. The smallest absolute Gasteiger partial charge is 0.315 e. The van der Waals surface area contributed by atoms with Gasteiger partial charge in [0.05, 0.1) is 6.07 Å². The van der Waals surface area contributed by atoms with Gasteiger partial charge >= 0.3 is 6.03 Å². The topological polar surface area (TPSA) is 99.2 Å². The molecule has 6 heteroatoms. The Hall–Kier alpha value is -2.55. The number of nitriles is 1. The molecule has 0 bridgehead atoms. The lowest BCUT2D eigenvalue weighted by atomic mass is 10.0. The molecule has 0 saturated heterocycles. The van der Waals surface area contributed by atoms with Crippen molar-refractivity contribution in [3.8, 4) is 6.07 Å². The molecule has 0 aromatic heterocycles. The molecule has 1 aromatic carbocycles. The van der Waals surface area contributed by atoms with Gasteiger partial charge in [0.15, 0.2) is 0 Å². The molecule has 1 atom stereocenters. The zero-order valence-electron chi connectivity index (χ0n) is 12.8. The van der Waals surface area contributed by atoms with Crippen molar-refractivity contribution in [2.45, 2.75) is 26.3 Å². The van der Waals surface area contributed by atoms with E-state index < -0.39 is 6.03 Å². The molecular formula is C16H22N4O2. The maximum atomic E-state index is 11.5. The van der Waals surface area contributed by atoms with Crippen LogP contribution in [0.2, 0.25) is 0 Å². The van der Waals surface area contributed by atoms with Gasteiger partial charge in [0.25, 0.3) is 0 Å². The van der Waals surface area contributed by atoms with Crippen molar-refractivity contribution in [1.82, 2.24) is 10.2 Å². The molecule has 1 aromatic rings. The van der Waals surface area contributed by atoms with Crippen LogP contribution < -0.4 is 11.1 Å². The van der Waals surface area contributed by atoms with E-state index in [4.69, 9.17) is 11.0 Å². The van der Waals surface area contributed by atoms with E-state index in [0.717, 1.165) is 5.56 Å². The van der Waals surface area contributed by atoms with E-state index in [2.05, 4.69) is 5.32 Å². The maximum absolute atomic E-state index is 11.5. The normalized spacial score (nSPS) is 11.3. The number of benzene rings is 1. The van der Waals surface area contributed by atoms with Crippen molar-refractivity contribution in [2.24, 2.45) is 11.7 Å². The van der Waals surface area contributed by atoms with Crippen molar-refractivity contribution in [3.05, 3.63) is 35.9 Å². The lowest BCUT2D eigenvalue weighted by molar-refractivity contribution is -0.121. The quantitative estimate of drug-likeness (QED) is 0.714. The summed E-state index contributed by atoms with van der Waals surface area (Å²) < 4.78 is 0. The zero-order chi connectivity index (χ0) is 16.4. The van der Waals surface area contributed by atoms with E-state index in [1.165, 1.54) is 0 Å². The van der Waals surface area contributed by atoms with Gasteiger partial charge in [-0.05, 0) is 17.9 Å². The van der Waals surface area contributed by atoms with Crippen molar-refractivity contribution in [1.29, 1.82) is 5.26 Å². The molecule has 3 N–H and O–H groups in total. The fraction of sp³-hybridized carbons (Fsp3) is 0.438. The van der Waals surface area contributed by atoms with E-state index in [9.17, 15) is 9.59 Å². The zero-order valence-corrected chi connectivity index (χ0v) is 12.8. The largest absolute Gasteiger partial charge is 0.351 e. The number of hydrogen-bond acceptors (Lipinski definition) is 3. The summed E-state index contributed by atoms with van der Waals surface area (Å²) in [7, 11) is 0. The van der Waals surface area contributed by atoms with E-state index in [1.807, 2.05) is 43.3 Å². The molecule has 1 unspecified atom stereocenters. The van der Waals surface area contributed by atoms with Crippen molar-refractivity contribution in [2.75, 3.05) is 13.1 Å². The molecule has 6 nitrogen and oxygen atoms in total. The Morgan fingerprint density at radius 2 is 2.05 bits per heavy atom. The lowest BCUT2D eigenvalue weighted by Crippen LogP contribution is -2.36. The van der Waals surface area contributed by atoms with Gasteiger partial charge in [-0.1, -0.05) is 37.3 Å². The minimum Gasteiger partial charge on any atom is -0.351 e. The summed E-state index contributed by atoms with van der Waals surface area (Å²) in [5.41, 5.74) is 6.42. The minimum atomic E-state index is -0.468. The molecule has 22 heavy (non-hydrogen) atoms. The van der Waals surface area contributed by atoms with Crippen LogP contribution >= 0.6 is 0 Å².